The van der Waals surface area contributed by atoms with Crippen LogP contribution in [0.3, 0.4) is 0 Å². The molecule has 1 N–H and O–H groups in total. The van der Waals surface area contributed by atoms with Crippen LogP contribution in [0.5, 0.6) is 0 Å². The van der Waals surface area contributed by atoms with Gasteiger partial charge in [0.05, 0.1) is 12.3 Å². The zero-order valence-electron chi connectivity index (χ0n) is 14.0. The number of alkyl halides is 2. The molecule has 0 bridgehead atoms. The summed E-state index contributed by atoms with van der Waals surface area (Å²) in [6.07, 6.45) is 1.97. The van der Waals surface area contributed by atoms with Crippen LogP contribution in [0, 0.1) is 0 Å². The van der Waals surface area contributed by atoms with Gasteiger partial charge >= 0.3 is 0 Å². The number of ether oxygens (including phenoxy) is 1. The van der Waals surface area contributed by atoms with Gasteiger partial charge in [0.15, 0.2) is 0 Å². The van der Waals surface area contributed by atoms with Crippen LogP contribution in [-0.4, -0.2) is 25.5 Å². The molecule has 6 heteroatoms. The van der Waals surface area contributed by atoms with Crippen LogP contribution < -0.4 is 5.32 Å². The number of hydrogen-bond donors (Lipinski definition) is 1. The molecule has 3 rings (SSSR count). The van der Waals surface area contributed by atoms with E-state index in [1.165, 1.54) is 5.56 Å². The van der Waals surface area contributed by atoms with Gasteiger partial charge in [-0.3, -0.25) is 0 Å². The first kappa shape index (κ1) is 18.4. The molecule has 0 saturated carbocycles. The third kappa shape index (κ3) is 5.06. The van der Waals surface area contributed by atoms with Gasteiger partial charge in [0.1, 0.15) is 11.5 Å². The Balaban J connectivity index is 1.57. The second kappa shape index (κ2) is 8.83. The lowest BCUT2D eigenvalue weighted by atomic mass is 9.74. The maximum Gasteiger partial charge on any atom is 0.284 e. The van der Waals surface area contributed by atoms with E-state index in [9.17, 15) is 8.78 Å². The zero-order valence-corrected chi connectivity index (χ0v) is 14.9. The van der Waals surface area contributed by atoms with Gasteiger partial charge in [0.25, 0.3) is 5.76 Å². The molecule has 2 aromatic rings. The van der Waals surface area contributed by atoms with E-state index in [-0.39, 0.29) is 11.2 Å². The van der Waals surface area contributed by atoms with Gasteiger partial charge in [-0.2, -0.15) is 8.78 Å². The fourth-order valence-electron chi connectivity index (χ4n) is 3.29. The van der Waals surface area contributed by atoms with E-state index in [4.69, 9.17) is 9.15 Å². The molecule has 25 heavy (non-hydrogen) atoms. The summed E-state index contributed by atoms with van der Waals surface area (Å²) < 4.78 is 35.6. The van der Waals surface area contributed by atoms with Crippen LogP contribution in [0.25, 0.3) is 0 Å². The fraction of sp³-hybridized carbons (Fsp3) is 0.474. The minimum atomic E-state index is -2.37. The molecule has 0 atom stereocenters. The topological polar surface area (TPSA) is 34.4 Å². The largest absolute Gasteiger partial charge is 0.464 e. The highest BCUT2D eigenvalue weighted by atomic mass is 32.2. The van der Waals surface area contributed by atoms with Crippen molar-refractivity contribution in [1.29, 1.82) is 0 Å². The normalized spacial score (nSPS) is 17.1. The van der Waals surface area contributed by atoms with Crippen molar-refractivity contribution in [2.45, 2.75) is 36.3 Å². The van der Waals surface area contributed by atoms with Crippen molar-refractivity contribution in [2.75, 3.05) is 19.8 Å². The summed E-state index contributed by atoms with van der Waals surface area (Å²) in [5.41, 5.74) is 1.40. The molecular formula is C19H23F2NO2S. The smallest absolute Gasteiger partial charge is 0.284 e. The van der Waals surface area contributed by atoms with Crippen LogP contribution in [0.4, 0.5) is 8.78 Å². The van der Waals surface area contributed by atoms with Crippen LogP contribution in [0.2, 0.25) is 0 Å². The van der Waals surface area contributed by atoms with E-state index in [1.54, 1.807) is 6.07 Å². The molecular weight excluding hydrogens is 344 g/mol. The summed E-state index contributed by atoms with van der Waals surface area (Å²) in [6.45, 7) is 2.97. The molecule has 0 spiro atoms. The summed E-state index contributed by atoms with van der Waals surface area (Å²) >= 11 is 0.580. The van der Waals surface area contributed by atoms with Gasteiger partial charge in [-0.1, -0.05) is 42.1 Å². The number of hydrogen-bond acceptors (Lipinski definition) is 4. The molecule has 1 saturated heterocycles. The van der Waals surface area contributed by atoms with Crippen molar-refractivity contribution in [2.24, 2.45) is 0 Å². The summed E-state index contributed by atoms with van der Waals surface area (Å²) in [5, 5.41) is 3.48. The van der Waals surface area contributed by atoms with Crippen molar-refractivity contribution in [3.8, 4) is 0 Å². The van der Waals surface area contributed by atoms with Crippen molar-refractivity contribution in [3.05, 3.63) is 59.5 Å². The molecule has 2 heterocycles. The third-order valence-corrected chi connectivity index (χ3v) is 5.37. The van der Waals surface area contributed by atoms with Gasteiger partial charge in [0.2, 0.25) is 0 Å². The van der Waals surface area contributed by atoms with Crippen molar-refractivity contribution < 1.29 is 17.9 Å². The minimum absolute atomic E-state index is 0.0699. The number of nitrogens with one attached hydrogen (secondary N) is 1. The minimum Gasteiger partial charge on any atom is -0.464 e. The van der Waals surface area contributed by atoms with E-state index in [1.807, 2.05) is 12.1 Å². The summed E-state index contributed by atoms with van der Waals surface area (Å²) in [5.74, 6) is -0.805. The van der Waals surface area contributed by atoms with Gasteiger partial charge in [-0.15, -0.1) is 0 Å². The highest BCUT2D eigenvalue weighted by molar-refractivity contribution is 7.98. The predicted molar refractivity (Wildman–Crippen MR) is 95.9 cm³/mol. The standard InChI is InChI=1S/C19H23F2NO2S/c20-18(21)25-13-17-7-6-16(24-17)12-22-14-19(8-10-23-11-9-19)15-4-2-1-3-5-15/h1-7,18,22H,8-14H2. The highest BCUT2D eigenvalue weighted by Gasteiger charge is 2.33. The van der Waals surface area contributed by atoms with E-state index in [0.29, 0.717) is 24.1 Å². The van der Waals surface area contributed by atoms with Gasteiger partial charge in [-0.05, 0) is 30.5 Å². The Hall–Kier alpha value is -1.37. The molecule has 1 aromatic heterocycles. The van der Waals surface area contributed by atoms with Gasteiger partial charge < -0.3 is 14.5 Å². The number of rotatable bonds is 8. The first-order chi connectivity index (χ1) is 12.2. The summed E-state index contributed by atoms with van der Waals surface area (Å²) in [7, 11) is 0. The lowest BCUT2D eigenvalue weighted by Gasteiger charge is -2.38. The number of thioether (sulfide) groups is 1. The van der Waals surface area contributed by atoms with E-state index < -0.39 is 5.76 Å². The summed E-state index contributed by atoms with van der Waals surface area (Å²) in [6, 6.07) is 14.2. The van der Waals surface area contributed by atoms with Crippen LogP contribution in [0.15, 0.2) is 46.9 Å². The Morgan fingerprint density at radius 3 is 2.48 bits per heavy atom. The maximum absolute atomic E-state index is 12.2. The average molecular weight is 367 g/mol. The van der Waals surface area contributed by atoms with Crippen LogP contribution in [-0.2, 0) is 22.4 Å². The predicted octanol–water partition coefficient (Wildman–Crippen LogP) is 4.57. The van der Waals surface area contributed by atoms with Crippen molar-refractivity contribution >= 4 is 11.8 Å². The van der Waals surface area contributed by atoms with Gasteiger partial charge in [-0.25, -0.2) is 0 Å². The summed E-state index contributed by atoms with van der Waals surface area (Å²) in [4.78, 5) is 0. The van der Waals surface area contributed by atoms with E-state index in [2.05, 4.69) is 29.6 Å². The Morgan fingerprint density at radius 1 is 1.04 bits per heavy atom. The Labute approximate surface area is 151 Å². The first-order valence-electron chi connectivity index (χ1n) is 8.49. The highest BCUT2D eigenvalue weighted by Crippen LogP contribution is 2.34. The number of furan rings is 1. The van der Waals surface area contributed by atoms with E-state index in [0.717, 1.165) is 38.4 Å². The van der Waals surface area contributed by atoms with Crippen molar-refractivity contribution in [3.63, 3.8) is 0 Å². The molecule has 1 aromatic carbocycles. The monoisotopic (exact) mass is 367 g/mol. The van der Waals surface area contributed by atoms with Crippen LogP contribution in [0.1, 0.15) is 29.9 Å². The SMILES string of the molecule is FC(F)SCc1ccc(CNCC2(c3ccccc3)CCOCC2)o1. The second-order valence-corrected chi connectivity index (χ2v) is 7.28. The molecule has 1 aliphatic rings. The van der Waals surface area contributed by atoms with Crippen molar-refractivity contribution in [1.82, 2.24) is 5.32 Å². The molecule has 0 unspecified atom stereocenters. The number of benzene rings is 1. The molecule has 0 radical (unpaired) electrons. The Kier molecular flexibility index (Phi) is 6.51. The molecule has 1 aliphatic heterocycles. The number of halogens is 2. The molecule has 3 nitrogen and oxygen atoms in total. The molecule has 0 aliphatic carbocycles. The van der Waals surface area contributed by atoms with E-state index >= 15 is 0 Å². The fourth-order valence-corrected chi connectivity index (χ4v) is 3.73. The maximum atomic E-state index is 12.2. The lowest BCUT2D eigenvalue weighted by molar-refractivity contribution is 0.0496. The molecule has 0 amide bonds. The van der Waals surface area contributed by atoms with Crippen LogP contribution >= 0.6 is 11.8 Å². The third-order valence-electron chi connectivity index (χ3n) is 4.67. The average Bonchev–Trinajstić information content (AvgIpc) is 3.09. The zero-order chi connectivity index (χ0) is 17.5. The first-order valence-corrected chi connectivity index (χ1v) is 9.54. The second-order valence-electron chi connectivity index (χ2n) is 6.30. The van der Waals surface area contributed by atoms with Gasteiger partial charge in [0, 0.05) is 25.2 Å². The molecule has 1 fully saturated rings. The Morgan fingerprint density at radius 2 is 1.76 bits per heavy atom. The molecule has 136 valence electrons. The lowest BCUT2D eigenvalue weighted by Crippen LogP contribution is -2.42. The quantitative estimate of drug-likeness (QED) is 0.741. The Bertz CT molecular complexity index is 642.